The minimum atomic E-state index is 0.623. The Bertz CT molecular complexity index is 275. The number of rotatable bonds is 5. The molecule has 1 aromatic rings. The third-order valence-corrected chi connectivity index (χ3v) is 3.65. The van der Waals surface area contributed by atoms with Gasteiger partial charge < -0.3 is 9.73 Å². The van der Waals surface area contributed by atoms with E-state index in [0.29, 0.717) is 6.04 Å². The van der Waals surface area contributed by atoms with Gasteiger partial charge in [-0.15, -0.1) is 0 Å². The molecule has 1 aromatic heterocycles. The Balaban J connectivity index is 1.65. The van der Waals surface area contributed by atoms with Crippen molar-refractivity contribution in [1.82, 2.24) is 5.32 Å². The Hall–Kier alpha value is -0.760. The summed E-state index contributed by atoms with van der Waals surface area (Å²) in [5, 5.41) is 3.57. The highest BCUT2D eigenvalue weighted by molar-refractivity contribution is 5.04. The fraction of sp³-hybridized carbons (Fsp3) is 0.714. The van der Waals surface area contributed by atoms with E-state index in [2.05, 4.69) is 12.2 Å². The standard InChI is InChI=1S/C14H23NO/c1-12(9-13-5-3-2-4-6-13)15-10-14-7-8-16-11-14/h7-8,11-13,15H,2-6,9-10H2,1H3. The number of furan rings is 1. The Morgan fingerprint density at radius 3 is 2.88 bits per heavy atom. The monoisotopic (exact) mass is 221 g/mol. The first-order valence-corrected chi connectivity index (χ1v) is 6.59. The van der Waals surface area contributed by atoms with Crippen LogP contribution in [0.15, 0.2) is 23.0 Å². The van der Waals surface area contributed by atoms with Crippen molar-refractivity contribution in [2.45, 2.75) is 58.0 Å². The molecular formula is C14H23NO. The largest absolute Gasteiger partial charge is 0.472 e. The maximum atomic E-state index is 5.06. The molecule has 1 saturated carbocycles. The highest BCUT2D eigenvalue weighted by Crippen LogP contribution is 2.27. The van der Waals surface area contributed by atoms with Crippen molar-refractivity contribution < 1.29 is 4.42 Å². The van der Waals surface area contributed by atoms with Crippen molar-refractivity contribution in [3.05, 3.63) is 24.2 Å². The van der Waals surface area contributed by atoms with Gasteiger partial charge in [-0.05, 0) is 25.3 Å². The van der Waals surface area contributed by atoms with Gasteiger partial charge in [-0.1, -0.05) is 32.1 Å². The SMILES string of the molecule is CC(CC1CCCCC1)NCc1ccoc1. The molecule has 0 radical (unpaired) electrons. The summed E-state index contributed by atoms with van der Waals surface area (Å²) in [5.41, 5.74) is 1.25. The van der Waals surface area contributed by atoms with Crippen LogP contribution < -0.4 is 5.32 Å². The fourth-order valence-corrected chi connectivity index (χ4v) is 2.69. The smallest absolute Gasteiger partial charge is 0.0947 e. The molecular weight excluding hydrogens is 198 g/mol. The molecule has 0 spiro atoms. The molecule has 1 heterocycles. The lowest BCUT2D eigenvalue weighted by Crippen LogP contribution is -2.28. The van der Waals surface area contributed by atoms with Crippen molar-refractivity contribution in [3.8, 4) is 0 Å². The van der Waals surface area contributed by atoms with Crippen molar-refractivity contribution >= 4 is 0 Å². The summed E-state index contributed by atoms with van der Waals surface area (Å²) in [6, 6.07) is 2.65. The first-order chi connectivity index (χ1) is 7.84. The van der Waals surface area contributed by atoms with Crippen LogP contribution in [0.3, 0.4) is 0 Å². The highest BCUT2D eigenvalue weighted by Gasteiger charge is 2.16. The summed E-state index contributed by atoms with van der Waals surface area (Å²) >= 11 is 0. The molecule has 1 N–H and O–H groups in total. The number of hydrogen-bond acceptors (Lipinski definition) is 2. The van der Waals surface area contributed by atoms with Crippen LogP contribution in [0, 0.1) is 5.92 Å². The molecule has 1 aliphatic rings. The second kappa shape index (κ2) is 6.09. The lowest BCUT2D eigenvalue weighted by molar-refractivity contribution is 0.304. The maximum absolute atomic E-state index is 5.06. The molecule has 0 aliphatic heterocycles. The first kappa shape index (κ1) is 11.7. The van der Waals surface area contributed by atoms with E-state index in [-0.39, 0.29) is 0 Å². The average Bonchev–Trinajstić information content (AvgIpc) is 2.81. The minimum Gasteiger partial charge on any atom is -0.472 e. The van der Waals surface area contributed by atoms with Crippen LogP contribution in [0.2, 0.25) is 0 Å². The Morgan fingerprint density at radius 1 is 1.38 bits per heavy atom. The summed E-state index contributed by atoms with van der Waals surface area (Å²) < 4.78 is 5.06. The third-order valence-electron chi connectivity index (χ3n) is 3.65. The van der Waals surface area contributed by atoms with Crippen LogP contribution in [0.1, 0.15) is 51.0 Å². The van der Waals surface area contributed by atoms with Crippen molar-refractivity contribution in [2.24, 2.45) is 5.92 Å². The third kappa shape index (κ3) is 3.67. The molecule has 16 heavy (non-hydrogen) atoms. The normalized spacial score (nSPS) is 19.8. The van der Waals surface area contributed by atoms with E-state index in [1.807, 2.05) is 12.3 Å². The molecule has 0 saturated heterocycles. The van der Waals surface area contributed by atoms with Crippen LogP contribution in [-0.4, -0.2) is 6.04 Å². The van der Waals surface area contributed by atoms with E-state index < -0.39 is 0 Å². The van der Waals surface area contributed by atoms with Gasteiger partial charge in [0.25, 0.3) is 0 Å². The zero-order chi connectivity index (χ0) is 11.2. The molecule has 2 nitrogen and oxygen atoms in total. The van der Waals surface area contributed by atoms with Gasteiger partial charge in [0, 0.05) is 18.2 Å². The van der Waals surface area contributed by atoms with Gasteiger partial charge >= 0.3 is 0 Å². The van der Waals surface area contributed by atoms with Gasteiger partial charge in [0.05, 0.1) is 12.5 Å². The highest BCUT2D eigenvalue weighted by atomic mass is 16.3. The summed E-state index contributed by atoms with van der Waals surface area (Å²) in [5.74, 6) is 0.959. The van der Waals surface area contributed by atoms with E-state index in [0.717, 1.165) is 12.5 Å². The zero-order valence-corrected chi connectivity index (χ0v) is 10.2. The summed E-state index contributed by atoms with van der Waals surface area (Å²) in [6.07, 6.45) is 12.1. The fourth-order valence-electron chi connectivity index (χ4n) is 2.69. The Morgan fingerprint density at radius 2 is 2.19 bits per heavy atom. The molecule has 0 aromatic carbocycles. The minimum absolute atomic E-state index is 0.623. The van der Waals surface area contributed by atoms with Crippen molar-refractivity contribution in [2.75, 3.05) is 0 Å². The van der Waals surface area contributed by atoms with Gasteiger partial charge in [0.2, 0.25) is 0 Å². The second-order valence-corrected chi connectivity index (χ2v) is 5.15. The molecule has 1 atom stereocenters. The van der Waals surface area contributed by atoms with Crippen molar-refractivity contribution in [3.63, 3.8) is 0 Å². The van der Waals surface area contributed by atoms with Gasteiger partial charge in [0.1, 0.15) is 0 Å². The predicted molar refractivity (Wildman–Crippen MR) is 66.2 cm³/mol. The maximum Gasteiger partial charge on any atom is 0.0947 e. The van der Waals surface area contributed by atoms with Crippen LogP contribution in [-0.2, 0) is 6.54 Å². The van der Waals surface area contributed by atoms with E-state index in [1.54, 1.807) is 6.26 Å². The van der Waals surface area contributed by atoms with Crippen LogP contribution in [0.5, 0.6) is 0 Å². The van der Waals surface area contributed by atoms with Gasteiger partial charge in [-0.25, -0.2) is 0 Å². The molecule has 1 unspecified atom stereocenters. The molecule has 0 bridgehead atoms. The zero-order valence-electron chi connectivity index (χ0n) is 10.2. The van der Waals surface area contributed by atoms with Crippen LogP contribution in [0.25, 0.3) is 0 Å². The van der Waals surface area contributed by atoms with Gasteiger partial charge in [-0.2, -0.15) is 0 Å². The predicted octanol–water partition coefficient (Wildman–Crippen LogP) is 3.73. The van der Waals surface area contributed by atoms with E-state index >= 15 is 0 Å². The van der Waals surface area contributed by atoms with Crippen LogP contribution >= 0.6 is 0 Å². The van der Waals surface area contributed by atoms with Gasteiger partial charge in [0.15, 0.2) is 0 Å². The molecule has 2 heteroatoms. The lowest BCUT2D eigenvalue weighted by Gasteiger charge is -2.25. The van der Waals surface area contributed by atoms with E-state index in [9.17, 15) is 0 Å². The quantitative estimate of drug-likeness (QED) is 0.819. The number of nitrogens with one attached hydrogen (secondary N) is 1. The van der Waals surface area contributed by atoms with Gasteiger partial charge in [-0.3, -0.25) is 0 Å². The average molecular weight is 221 g/mol. The number of hydrogen-bond donors (Lipinski definition) is 1. The van der Waals surface area contributed by atoms with E-state index in [4.69, 9.17) is 4.42 Å². The first-order valence-electron chi connectivity index (χ1n) is 6.59. The van der Waals surface area contributed by atoms with Crippen LogP contribution in [0.4, 0.5) is 0 Å². The Labute approximate surface area is 98.4 Å². The molecule has 1 aliphatic carbocycles. The summed E-state index contributed by atoms with van der Waals surface area (Å²) in [7, 11) is 0. The van der Waals surface area contributed by atoms with E-state index in [1.165, 1.54) is 44.1 Å². The summed E-state index contributed by atoms with van der Waals surface area (Å²) in [6.45, 7) is 3.24. The molecule has 2 rings (SSSR count). The lowest BCUT2D eigenvalue weighted by atomic mass is 9.85. The Kier molecular flexibility index (Phi) is 4.46. The molecule has 90 valence electrons. The topological polar surface area (TPSA) is 25.2 Å². The summed E-state index contributed by atoms with van der Waals surface area (Å²) in [4.78, 5) is 0. The molecule has 1 fully saturated rings. The van der Waals surface area contributed by atoms with Crippen molar-refractivity contribution in [1.29, 1.82) is 0 Å². The second-order valence-electron chi connectivity index (χ2n) is 5.15. The molecule has 0 amide bonds.